The van der Waals surface area contributed by atoms with Gasteiger partial charge >= 0.3 is 0 Å². The number of likely N-dealkylation sites (tertiary alicyclic amines) is 1. The molecule has 0 aliphatic carbocycles. The van der Waals surface area contributed by atoms with Crippen LogP contribution in [0.5, 0.6) is 0 Å². The Morgan fingerprint density at radius 1 is 1.27 bits per heavy atom. The van der Waals surface area contributed by atoms with Crippen LogP contribution in [0.2, 0.25) is 0 Å². The number of aromatic nitrogens is 3. The van der Waals surface area contributed by atoms with Gasteiger partial charge in [0.2, 0.25) is 0 Å². The molecule has 0 radical (unpaired) electrons. The molecule has 3 rings (SSSR count). The summed E-state index contributed by atoms with van der Waals surface area (Å²) >= 11 is 0. The van der Waals surface area contributed by atoms with E-state index < -0.39 is 0 Å². The molecule has 0 aromatic carbocycles. The van der Waals surface area contributed by atoms with Crippen molar-refractivity contribution in [3.05, 3.63) is 47.0 Å². The summed E-state index contributed by atoms with van der Waals surface area (Å²) in [5, 5.41) is 4.72. The largest absolute Gasteiger partial charge is 0.292 e. The topological polar surface area (TPSA) is 34.0 Å². The average Bonchev–Trinajstić information content (AvgIpc) is 3.13. The van der Waals surface area contributed by atoms with E-state index in [1.807, 2.05) is 18.5 Å². The van der Waals surface area contributed by atoms with Crippen molar-refractivity contribution in [2.75, 3.05) is 6.54 Å². The Hall–Kier alpha value is -1.68. The van der Waals surface area contributed by atoms with E-state index in [1.165, 1.54) is 41.9 Å². The first-order valence-electron chi connectivity index (χ1n) is 8.42. The summed E-state index contributed by atoms with van der Waals surface area (Å²) in [6.07, 6.45) is 8.43. The van der Waals surface area contributed by atoms with Crippen LogP contribution in [0.4, 0.5) is 0 Å². The van der Waals surface area contributed by atoms with Crippen molar-refractivity contribution in [2.24, 2.45) is 7.05 Å². The van der Waals surface area contributed by atoms with Crippen molar-refractivity contribution < 1.29 is 0 Å². The van der Waals surface area contributed by atoms with Gasteiger partial charge in [0.25, 0.3) is 0 Å². The highest BCUT2D eigenvalue weighted by Crippen LogP contribution is 2.33. The number of hydrogen-bond donors (Lipinski definition) is 0. The standard InChI is InChI=1S/C18H26N4/c1-4-16-15(17(5-2)21(3)20-16)13-22-11-7-9-18(22)14-8-6-10-19-12-14/h6,8,10,12,18H,4-5,7,9,11,13H2,1-3H3. The van der Waals surface area contributed by atoms with Crippen LogP contribution in [0.3, 0.4) is 0 Å². The molecule has 2 aromatic rings. The lowest BCUT2D eigenvalue weighted by Crippen LogP contribution is -2.24. The molecule has 2 aromatic heterocycles. The van der Waals surface area contributed by atoms with Crippen LogP contribution in [-0.4, -0.2) is 26.2 Å². The van der Waals surface area contributed by atoms with Gasteiger partial charge in [0.1, 0.15) is 0 Å². The number of rotatable bonds is 5. The van der Waals surface area contributed by atoms with Crippen molar-refractivity contribution >= 4 is 0 Å². The van der Waals surface area contributed by atoms with E-state index in [9.17, 15) is 0 Å². The predicted molar refractivity (Wildman–Crippen MR) is 88.6 cm³/mol. The van der Waals surface area contributed by atoms with E-state index in [-0.39, 0.29) is 0 Å². The molecule has 118 valence electrons. The van der Waals surface area contributed by atoms with Gasteiger partial charge in [-0.3, -0.25) is 14.6 Å². The summed E-state index contributed by atoms with van der Waals surface area (Å²) in [5.74, 6) is 0. The minimum atomic E-state index is 0.503. The number of aryl methyl sites for hydroxylation is 2. The molecule has 4 heteroatoms. The zero-order valence-corrected chi connectivity index (χ0v) is 13.9. The molecule has 1 saturated heterocycles. The van der Waals surface area contributed by atoms with E-state index in [0.717, 1.165) is 19.4 Å². The van der Waals surface area contributed by atoms with Crippen LogP contribution in [-0.2, 0) is 26.4 Å². The van der Waals surface area contributed by atoms with Gasteiger partial charge in [-0.05, 0) is 43.9 Å². The maximum Gasteiger partial charge on any atom is 0.0669 e. The second kappa shape index (κ2) is 6.61. The Kier molecular flexibility index (Phi) is 4.57. The smallest absolute Gasteiger partial charge is 0.0669 e. The monoisotopic (exact) mass is 298 g/mol. The van der Waals surface area contributed by atoms with Crippen molar-refractivity contribution in [1.29, 1.82) is 0 Å². The van der Waals surface area contributed by atoms with Gasteiger partial charge in [-0.25, -0.2) is 0 Å². The SMILES string of the molecule is CCc1nn(C)c(CC)c1CN1CCCC1c1cccnc1. The fraction of sp³-hybridized carbons (Fsp3) is 0.556. The second-order valence-corrected chi connectivity index (χ2v) is 6.12. The lowest BCUT2D eigenvalue weighted by atomic mass is 10.0. The normalized spacial score (nSPS) is 19.0. The fourth-order valence-corrected chi connectivity index (χ4v) is 3.74. The summed E-state index contributed by atoms with van der Waals surface area (Å²) in [6.45, 7) is 6.61. The summed E-state index contributed by atoms with van der Waals surface area (Å²) in [5.41, 5.74) is 5.44. The first kappa shape index (κ1) is 15.2. The lowest BCUT2D eigenvalue weighted by Gasteiger charge is -2.25. The Balaban J connectivity index is 1.86. The van der Waals surface area contributed by atoms with Gasteiger partial charge in [0.05, 0.1) is 5.69 Å². The molecule has 22 heavy (non-hydrogen) atoms. The van der Waals surface area contributed by atoms with Crippen LogP contribution >= 0.6 is 0 Å². The van der Waals surface area contributed by atoms with Crippen LogP contribution in [0.1, 0.15) is 55.2 Å². The van der Waals surface area contributed by atoms with Gasteiger partial charge in [-0.15, -0.1) is 0 Å². The second-order valence-electron chi connectivity index (χ2n) is 6.12. The molecule has 1 aliphatic rings. The molecule has 1 atom stereocenters. The molecule has 1 fully saturated rings. The maximum absolute atomic E-state index is 4.72. The fourth-order valence-electron chi connectivity index (χ4n) is 3.74. The molecule has 0 bridgehead atoms. The van der Waals surface area contributed by atoms with Crippen molar-refractivity contribution in [3.63, 3.8) is 0 Å². The number of hydrogen-bond acceptors (Lipinski definition) is 3. The van der Waals surface area contributed by atoms with E-state index in [2.05, 4.69) is 41.5 Å². The Labute approximate surface area is 133 Å². The highest BCUT2D eigenvalue weighted by atomic mass is 15.3. The molecule has 0 N–H and O–H groups in total. The molecule has 3 heterocycles. The minimum Gasteiger partial charge on any atom is -0.292 e. The molecule has 4 nitrogen and oxygen atoms in total. The van der Waals surface area contributed by atoms with Crippen molar-refractivity contribution in [3.8, 4) is 0 Å². The summed E-state index contributed by atoms with van der Waals surface area (Å²) in [4.78, 5) is 6.90. The highest BCUT2D eigenvalue weighted by molar-refractivity contribution is 5.27. The molecule has 1 unspecified atom stereocenters. The summed E-state index contributed by atoms with van der Waals surface area (Å²) < 4.78 is 2.07. The third kappa shape index (κ3) is 2.80. The van der Waals surface area contributed by atoms with Crippen LogP contribution in [0, 0.1) is 0 Å². The minimum absolute atomic E-state index is 0.503. The Morgan fingerprint density at radius 3 is 2.82 bits per heavy atom. The highest BCUT2D eigenvalue weighted by Gasteiger charge is 2.28. The molecule has 0 saturated carbocycles. The van der Waals surface area contributed by atoms with E-state index in [4.69, 9.17) is 5.10 Å². The third-order valence-corrected chi connectivity index (χ3v) is 4.82. The molecular weight excluding hydrogens is 272 g/mol. The Morgan fingerprint density at radius 2 is 2.14 bits per heavy atom. The van der Waals surface area contributed by atoms with E-state index in [0.29, 0.717) is 6.04 Å². The van der Waals surface area contributed by atoms with E-state index in [1.54, 1.807) is 0 Å². The molecular formula is C18H26N4. The van der Waals surface area contributed by atoms with Crippen LogP contribution < -0.4 is 0 Å². The molecule has 1 aliphatic heterocycles. The van der Waals surface area contributed by atoms with Gasteiger partial charge in [0.15, 0.2) is 0 Å². The van der Waals surface area contributed by atoms with Gasteiger partial charge in [0, 0.05) is 43.3 Å². The van der Waals surface area contributed by atoms with Gasteiger partial charge < -0.3 is 0 Å². The average molecular weight is 298 g/mol. The van der Waals surface area contributed by atoms with E-state index >= 15 is 0 Å². The van der Waals surface area contributed by atoms with Crippen LogP contribution in [0.25, 0.3) is 0 Å². The summed E-state index contributed by atoms with van der Waals surface area (Å²) in [7, 11) is 2.07. The van der Waals surface area contributed by atoms with Gasteiger partial charge in [-0.2, -0.15) is 5.10 Å². The molecule has 0 amide bonds. The van der Waals surface area contributed by atoms with Crippen LogP contribution in [0.15, 0.2) is 24.5 Å². The predicted octanol–water partition coefficient (Wildman–Crippen LogP) is 3.28. The number of nitrogens with zero attached hydrogens (tertiary/aromatic N) is 4. The first-order chi connectivity index (χ1) is 10.7. The Bertz CT molecular complexity index is 618. The molecule has 0 spiro atoms. The van der Waals surface area contributed by atoms with Crippen molar-refractivity contribution in [2.45, 2.75) is 52.1 Å². The van der Waals surface area contributed by atoms with Crippen molar-refractivity contribution in [1.82, 2.24) is 19.7 Å². The maximum atomic E-state index is 4.72. The van der Waals surface area contributed by atoms with Gasteiger partial charge in [-0.1, -0.05) is 19.9 Å². The zero-order chi connectivity index (χ0) is 15.5. The summed E-state index contributed by atoms with van der Waals surface area (Å²) in [6, 6.07) is 4.76. The first-order valence-corrected chi connectivity index (χ1v) is 8.42. The number of pyridine rings is 1. The lowest BCUT2D eigenvalue weighted by molar-refractivity contribution is 0.246. The quantitative estimate of drug-likeness (QED) is 0.849. The zero-order valence-electron chi connectivity index (χ0n) is 13.9. The third-order valence-electron chi connectivity index (χ3n) is 4.82.